The van der Waals surface area contributed by atoms with E-state index in [1.807, 2.05) is 0 Å². The topological polar surface area (TPSA) is 88.1 Å². The molecule has 1 heterocycles. The lowest BCUT2D eigenvalue weighted by Gasteiger charge is -2.15. The minimum Gasteiger partial charge on any atom is -0.357 e. The maximum Gasteiger partial charge on any atom is 0.321 e. The summed E-state index contributed by atoms with van der Waals surface area (Å²) in [5.74, 6) is 0.234. The van der Waals surface area contributed by atoms with E-state index >= 15 is 0 Å². The van der Waals surface area contributed by atoms with Gasteiger partial charge in [0.15, 0.2) is 0 Å². The van der Waals surface area contributed by atoms with Crippen molar-refractivity contribution in [3.63, 3.8) is 0 Å². The Balaban J connectivity index is 1.76. The maximum atomic E-state index is 11.9. The number of aromatic nitrogens is 2. The molecule has 0 bridgehead atoms. The molecule has 1 fully saturated rings. The summed E-state index contributed by atoms with van der Waals surface area (Å²) >= 11 is 0. The number of imide groups is 1. The van der Waals surface area contributed by atoms with Crippen LogP contribution in [0.1, 0.15) is 32.6 Å². The zero-order valence-electron chi connectivity index (χ0n) is 11.8. The molecule has 1 aromatic heterocycles. The van der Waals surface area contributed by atoms with E-state index in [4.69, 9.17) is 0 Å². The molecule has 7 nitrogen and oxygen atoms in total. The lowest BCUT2D eigenvalue weighted by atomic mass is 10.2. The van der Waals surface area contributed by atoms with Gasteiger partial charge in [0.25, 0.3) is 0 Å². The van der Waals surface area contributed by atoms with Gasteiger partial charge in [-0.25, -0.2) is 4.79 Å². The van der Waals surface area contributed by atoms with E-state index in [2.05, 4.69) is 21.0 Å². The standard InChI is InChI=1S/C13H21N5O2/c1-9(14-11-7-8-18(2)17-11)12(19)16-13(20)15-10-5-3-4-6-10/h7-10H,3-6H2,1-2H3,(H,14,17)(H2,15,16,19,20). The van der Waals surface area contributed by atoms with Crippen molar-refractivity contribution < 1.29 is 9.59 Å². The normalized spacial score (nSPS) is 16.7. The molecule has 2 rings (SSSR count). The maximum absolute atomic E-state index is 11.9. The van der Waals surface area contributed by atoms with E-state index < -0.39 is 12.1 Å². The molecule has 1 aliphatic carbocycles. The van der Waals surface area contributed by atoms with Gasteiger partial charge in [0, 0.05) is 25.4 Å². The van der Waals surface area contributed by atoms with E-state index in [0.29, 0.717) is 5.82 Å². The first-order valence-electron chi connectivity index (χ1n) is 6.92. The van der Waals surface area contributed by atoms with Crippen molar-refractivity contribution in [2.24, 2.45) is 7.05 Å². The van der Waals surface area contributed by atoms with Crippen molar-refractivity contribution in [2.45, 2.75) is 44.7 Å². The van der Waals surface area contributed by atoms with E-state index in [1.54, 1.807) is 30.9 Å². The Kier molecular flexibility index (Phi) is 4.60. The van der Waals surface area contributed by atoms with E-state index in [1.165, 1.54) is 0 Å². The van der Waals surface area contributed by atoms with Crippen molar-refractivity contribution in [1.29, 1.82) is 0 Å². The zero-order chi connectivity index (χ0) is 14.5. The number of nitrogens with zero attached hydrogens (tertiary/aromatic N) is 2. The summed E-state index contributed by atoms with van der Waals surface area (Å²) in [5, 5.41) is 12.2. The van der Waals surface area contributed by atoms with Crippen LogP contribution in [0.3, 0.4) is 0 Å². The smallest absolute Gasteiger partial charge is 0.321 e. The van der Waals surface area contributed by atoms with Crippen LogP contribution in [0.25, 0.3) is 0 Å². The SMILES string of the molecule is CC(Nc1ccn(C)n1)C(=O)NC(=O)NC1CCCC1. The van der Waals surface area contributed by atoms with Crippen molar-refractivity contribution >= 4 is 17.8 Å². The highest BCUT2D eigenvalue weighted by molar-refractivity contribution is 5.97. The molecule has 3 N–H and O–H groups in total. The predicted molar refractivity (Wildman–Crippen MR) is 75.2 cm³/mol. The van der Waals surface area contributed by atoms with Gasteiger partial charge in [-0.05, 0) is 19.8 Å². The van der Waals surface area contributed by atoms with E-state index in [0.717, 1.165) is 25.7 Å². The van der Waals surface area contributed by atoms with Gasteiger partial charge in [0.2, 0.25) is 5.91 Å². The highest BCUT2D eigenvalue weighted by atomic mass is 16.2. The number of nitrogens with one attached hydrogen (secondary N) is 3. The van der Waals surface area contributed by atoms with E-state index in [-0.39, 0.29) is 11.9 Å². The first kappa shape index (κ1) is 14.4. The second-order valence-electron chi connectivity index (χ2n) is 5.18. The molecule has 0 saturated heterocycles. The van der Waals surface area contributed by atoms with Crippen LogP contribution >= 0.6 is 0 Å². The van der Waals surface area contributed by atoms with Crippen LogP contribution in [0.2, 0.25) is 0 Å². The monoisotopic (exact) mass is 279 g/mol. The third-order valence-corrected chi connectivity index (χ3v) is 3.40. The Morgan fingerprint density at radius 2 is 2.10 bits per heavy atom. The Morgan fingerprint density at radius 3 is 2.70 bits per heavy atom. The minimum absolute atomic E-state index is 0.196. The van der Waals surface area contributed by atoms with Gasteiger partial charge in [0.1, 0.15) is 11.9 Å². The largest absolute Gasteiger partial charge is 0.357 e. The summed E-state index contributed by atoms with van der Waals surface area (Å²) in [6, 6.07) is 1.01. The van der Waals surface area contributed by atoms with Crippen LogP contribution in [-0.2, 0) is 11.8 Å². The third-order valence-electron chi connectivity index (χ3n) is 3.40. The molecule has 0 radical (unpaired) electrons. The summed E-state index contributed by atoms with van der Waals surface area (Å²) in [5.41, 5.74) is 0. The molecule has 0 spiro atoms. The molecule has 1 aliphatic rings. The summed E-state index contributed by atoms with van der Waals surface area (Å²) < 4.78 is 1.64. The van der Waals surface area contributed by atoms with Crippen molar-refractivity contribution in [2.75, 3.05) is 5.32 Å². The Bertz CT molecular complexity index is 479. The summed E-state index contributed by atoms with van der Waals surface area (Å²) in [4.78, 5) is 23.5. The number of amides is 3. The highest BCUT2D eigenvalue weighted by Crippen LogP contribution is 2.17. The summed E-state index contributed by atoms with van der Waals surface area (Å²) in [7, 11) is 1.80. The first-order chi connectivity index (χ1) is 9.54. The molecular weight excluding hydrogens is 258 g/mol. The quantitative estimate of drug-likeness (QED) is 0.767. The van der Waals surface area contributed by atoms with Gasteiger partial charge in [-0.1, -0.05) is 12.8 Å². The molecule has 7 heteroatoms. The second-order valence-corrected chi connectivity index (χ2v) is 5.18. The van der Waals surface area contributed by atoms with Crippen LogP contribution < -0.4 is 16.0 Å². The number of hydrogen-bond acceptors (Lipinski definition) is 4. The lowest BCUT2D eigenvalue weighted by Crippen LogP contribution is -2.48. The molecule has 3 amide bonds. The average molecular weight is 279 g/mol. The molecule has 0 aromatic carbocycles. The molecule has 1 unspecified atom stereocenters. The van der Waals surface area contributed by atoms with Crippen molar-refractivity contribution in [1.82, 2.24) is 20.4 Å². The molecule has 1 aromatic rings. The molecule has 20 heavy (non-hydrogen) atoms. The van der Waals surface area contributed by atoms with Gasteiger partial charge in [-0.15, -0.1) is 0 Å². The lowest BCUT2D eigenvalue weighted by molar-refractivity contribution is -0.120. The Morgan fingerprint density at radius 1 is 1.40 bits per heavy atom. The number of hydrogen-bond donors (Lipinski definition) is 3. The number of carbonyl (C=O) groups is 2. The Labute approximate surface area is 118 Å². The van der Waals surface area contributed by atoms with Crippen LogP contribution in [-0.4, -0.2) is 33.8 Å². The molecular formula is C13H21N5O2. The molecule has 1 atom stereocenters. The highest BCUT2D eigenvalue weighted by Gasteiger charge is 2.20. The average Bonchev–Trinajstić information content (AvgIpc) is 3.01. The predicted octanol–water partition coefficient (Wildman–Crippen LogP) is 0.989. The number of rotatable bonds is 4. The fourth-order valence-electron chi connectivity index (χ4n) is 2.29. The fraction of sp³-hybridized carbons (Fsp3) is 0.615. The summed E-state index contributed by atoms with van der Waals surface area (Å²) in [6.07, 6.45) is 6.03. The van der Waals surface area contributed by atoms with Gasteiger partial charge in [0.05, 0.1) is 0 Å². The number of carbonyl (C=O) groups excluding carboxylic acids is 2. The third kappa shape index (κ3) is 3.97. The summed E-state index contributed by atoms with van der Waals surface area (Å²) in [6.45, 7) is 1.69. The van der Waals surface area contributed by atoms with Gasteiger partial charge in [-0.3, -0.25) is 14.8 Å². The minimum atomic E-state index is -0.528. The zero-order valence-corrected chi connectivity index (χ0v) is 11.8. The van der Waals surface area contributed by atoms with Gasteiger partial charge >= 0.3 is 6.03 Å². The van der Waals surface area contributed by atoms with Crippen LogP contribution in [0.5, 0.6) is 0 Å². The van der Waals surface area contributed by atoms with Crippen molar-refractivity contribution in [3.8, 4) is 0 Å². The fourth-order valence-corrected chi connectivity index (χ4v) is 2.29. The first-order valence-corrected chi connectivity index (χ1v) is 6.92. The number of urea groups is 1. The second kappa shape index (κ2) is 6.40. The molecule has 1 saturated carbocycles. The van der Waals surface area contributed by atoms with E-state index in [9.17, 15) is 9.59 Å². The van der Waals surface area contributed by atoms with Gasteiger partial charge < -0.3 is 10.6 Å². The molecule has 0 aliphatic heterocycles. The van der Waals surface area contributed by atoms with Crippen LogP contribution in [0.15, 0.2) is 12.3 Å². The van der Waals surface area contributed by atoms with Crippen LogP contribution in [0.4, 0.5) is 10.6 Å². The molecule has 110 valence electrons. The van der Waals surface area contributed by atoms with Crippen molar-refractivity contribution in [3.05, 3.63) is 12.3 Å². The van der Waals surface area contributed by atoms with Gasteiger partial charge in [-0.2, -0.15) is 5.10 Å². The Hall–Kier alpha value is -2.05. The van der Waals surface area contributed by atoms with Crippen LogP contribution in [0, 0.1) is 0 Å². The number of anilines is 1. The number of aryl methyl sites for hydroxylation is 1.